The van der Waals surface area contributed by atoms with Crippen LogP contribution in [-0.4, -0.2) is 116 Å². The van der Waals surface area contributed by atoms with Gasteiger partial charge in [0.25, 0.3) is 0 Å². The molecule has 0 amide bonds. The first-order valence-electron chi connectivity index (χ1n) is 23.4. The van der Waals surface area contributed by atoms with Crippen LogP contribution in [0.4, 0.5) is 5.82 Å². The molecule has 0 unspecified atom stereocenters. The number of imidazole rings is 1. The third-order valence-electron chi connectivity index (χ3n) is 13.6. The van der Waals surface area contributed by atoms with Crippen molar-refractivity contribution in [3.8, 4) is 34.3 Å². The van der Waals surface area contributed by atoms with Crippen molar-refractivity contribution in [1.29, 1.82) is 5.26 Å². The van der Waals surface area contributed by atoms with E-state index in [4.69, 9.17) is 14.7 Å². The number of para-hydroxylation sites is 1. The van der Waals surface area contributed by atoms with Gasteiger partial charge in [-0.15, -0.1) is 11.3 Å². The highest BCUT2D eigenvalue weighted by atomic mass is 32.2. The summed E-state index contributed by atoms with van der Waals surface area (Å²) in [6, 6.07) is 34.4. The number of thiophene rings is 1. The molecule has 4 aromatic carbocycles. The highest BCUT2D eigenvalue weighted by Crippen LogP contribution is 2.37. The molecule has 12 rings (SSSR count). The van der Waals surface area contributed by atoms with Gasteiger partial charge in [-0.3, -0.25) is 29.1 Å². The van der Waals surface area contributed by atoms with Gasteiger partial charge >= 0.3 is 5.69 Å². The van der Waals surface area contributed by atoms with Crippen LogP contribution in [0.1, 0.15) is 24.3 Å². The van der Waals surface area contributed by atoms with E-state index >= 15 is 0 Å². The summed E-state index contributed by atoms with van der Waals surface area (Å²) in [5, 5.41) is 19.7. The lowest BCUT2D eigenvalue weighted by atomic mass is 9.86. The highest BCUT2D eigenvalue weighted by Gasteiger charge is 2.26. The van der Waals surface area contributed by atoms with Crippen LogP contribution in [0.5, 0.6) is 0 Å². The second-order valence-corrected chi connectivity index (χ2v) is 21.7. The summed E-state index contributed by atoms with van der Waals surface area (Å²) in [6.45, 7) is 9.99. The molecule has 2 aliphatic heterocycles. The van der Waals surface area contributed by atoms with Gasteiger partial charge in [-0.2, -0.15) is 14.7 Å². The minimum atomic E-state index is -3.13. The van der Waals surface area contributed by atoms with Crippen molar-refractivity contribution in [3.05, 3.63) is 137 Å². The summed E-state index contributed by atoms with van der Waals surface area (Å²) in [4.78, 5) is 38.5. The molecule has 0 spiro atoms. The lowest BCUT2D eigenvalue weighted by Gasteiger charge is -2.32. The van der Waals surface area contributed by atoms with E-state index in [9.17, 15) is 18.5 Å². The maximum Gasteiger partial charge on any atom is 0.333 e. The number of morpholine rings is 1. The van der Waals surface area contributed by atoms with Crippen LogP contribution >= 0.6 is 11.3 Å². The van der Waals surface area contributed by atoms with Gasteiger partial charge in [0.2, 0.25) is 10.0 Å². The molecule has 2 aliphatic rings. The van der Waals surface area contributed by atoms with Crippen molar-refractivity contribution in [2.24, 2.45) is 7.05 Å². The van der Waals surface area contributed by atoms with E-state index in [1.54, 1.807) is 38.0 Å². The van der Waals surface area contributed by atoms with Crippen molar-refractivity contribution in [3.63, 3.8) is 0 Å². The number of nitrogens with zero attached hydrogens (tertiary/aromatic N) is 11. The van der Waals surface area contributed by atoms with Crippen LogP contribution < -0.4 is 10.6 Å². The van der Waals surface area contributed by atoms with Gasteiger partial charge in [0.05, 0.1) is 86.8 Å². The van der Waals surface area contributed by atoms with E-state index in [0.29, 0.717) is 32.1 Å². The number of H-pyrrole nitrogens is 1. The quantitative estimate of drug-likeness (QED) is 0.155. The number of anilines is 1. The van der Waals surface area contributed by atoms with Crippen molar-refractivity contribution < 1.29 is 13.2 Å². The van der Waals surface area contributed by atoms with Crippen molar-refractivity contribution >= 4 is 81.1 Å². The third-order valence-corrected chi connectivity index (χ3v) is 16.0. The van der Waals surface area contributed by atoms with Crippen molar-refractivity contribution in [2.75, 3.05) is 63.6 Å². The van der Waals surface area contributed by atoms with Gasteiger partial charge in [0.1, 0.15) is 0 Å². The van der Waals surface area contributed by atoms with E-state index in [-0.39, 0.29) is 5.69 Å². The third kappa shape index (κ3) is 8.80. The number of pyridine rings is 2. The number of sulfonamides is 1. The molecule has 0 radical (unpaired) electrons. The van der Waals surface area contributed by atoms with E-state index in [1.807, 2.05) is 99.0 Å². The predicted octanol–water partition coefficient (Wildman–Crippen LogP) is 8.04. The van der Waals surface area contributed by atoms with Crippen LogP contribution in [0, 0.1) is 11.3 Å². The summed E-state index contributed by atoms with van der Waals surface area (Å²) < 4.78 is 35.3. The second kappa shape index (κ2) is 18.4. The van der Waals surface area contributed by atoms with Crippen LogP contribution in [-0.2, 0) is 33.8 Å². The Morgan fingerprint density at radius 3 is 2.35 bits per heavy atom. The molecule has 6 aromatic heterocycles. The zero-order valence-electron chi connectivity index (χ0n) is 39.7. The summed E-state index contributed by atoms with van der Waals surface area (Å²) in [5.41, 5.74) is 9.05. The first-order valence-corrected chi connectivity index (χ1v) is 26.1. The Balaban J connectivity index is 0.000000154. The van der Waals surface area contributed by atoms with Gasteiger partial charge in [-0.05, 0) is 73.5 Å². The molecule has 0 aliphatic carbocycles. The second-order valence-electron chi connectivity index (χ2n) is 18.6. The molecule has 0 saturated carbocycles. The van der Waals surface area contributed by atoms with Crippen LogP contribution in [0.2, 0.25) is 0 Å². The number of aromatic amines is 1. The largest absolute Gasteiger partial charge is 0.378 e. The first kappa shape index (κ1) is 46.0. The summed E-state index contributed by atoms with van der Waals surface area (Å²) in [5.74, 6) is 1.64. The fraction of sp³-hybridized carbons (Fsp3) is 0.264. The van der Waals surface area contributed by atoms with Crippen LogP contribution in [0.25, 0.3) is 82.2 Å². The topological polar surface area (TPSA) is 184 Å². The van der Waals surface area contributed by atoms with Crippen LogP contribution in [0.3, 0.4) is 0 Å². The minimum absolute atomic E-state index is 0.149. The molecular weight excluding hydrogens is 933 g/mol. The number of nitriles is 1. The average Bonchev–Trinajstić information content (AvgIpc) is 4.12. The van der Waals surface area contributed by atoms with Gasteiger partial charge in [0.15, 0.2) is 11.6 Å². The number of aromatic nitrogens is 8. The molecule has 8 heterocycles. The fourth-order valence-electron chi connectivity index (χ4n) is 9.49. The normalized spacial score (nSPS) is 15.2. The maximum absolute atomic E-state index is 13.4. The van der Waals surface area contributed by atoms with Gasteiger partial charge < -0.3 is 9.64 Å². The number of aryl methyl sites for hydroxylation is 1. The molecule has 358 valence electrons. The zero-order chi connectivity index (χ0) is 49.0. The highest BCUT2D eigenvalue weighted by molar-refractivity contribution is 7.88. The molecule has 71 heavy (non-hydrogen) atoms. The molecule has 16 nitrogen and oxygen atoms in total. The van der Waals surface area contributed by atoms with E-state index in [0.717, 1.165) is 120 Å². The molecule has 18 heteroatoms. The predicted molar refractivity (Wildman–Crippen MR) is 280 cm³/mol. The SMILES string of the molecule is CS(=O)(=O)N1CCN(Cc2cc3nc(-c4cccc5[nH]ncc45)nc(N4CCOCC4)c3s2)CC1.Cn1c(=O)n(-c2ccc(C(C)(C)C#N)cc2)c2c3cc(-c4cnc5ccccc5c4)ccc3ncc21. The summed E-state index contributed by atoms with van der Waals surface area (Å²) in [7, 11) is -1.37. The van der Waals surface area contributed by atoms with Crippen LogP contribution in [0.15, 0.2) is 120 Å². The van der Waals surface area contributed by atoms with E-state index in [2.05, 4.69) is 60.3 Å². The lowest BCUT2D eigenvalue weighted by Crippen LogP contribution is -2.47. The molecule has 0 atom stereocenters. The Morgan fingerprint density at radius 2 is 1.58 bits per heavy atom. The lowest BCUT2D eigenvalue weighted by molar-refractivity contribution is 0.122. The number of nitrogens with one attached hydrogen (secondary N) is 1. The standard InChI is InChI=1S/C30H23N5O.C23H27N7O3S2/c1-30(2,18-31)22-9-11-23(12-10-22)35-28-24-15-19(21-14-20-6-4-5-7-25(20)32-16-21)8-13-26(24)33-17-27(28)34(3)29(35)36;1-35(31,32)30-7-5-28(6-8-30)15-16-13-20-21(34-16)23(29-9-11-33-12-10-29)26-22(25-20)17-3-2-4-19-18(17)14-24-27-19/h4-17H,1-3H3;2-4,13-14H,5-12,15H2,1H3,(H,24,27). The van der Waals surface area contributed by atoms with E-state index < -0.39 is 15.4 Å². The smallest absolute Gasteiger partial charge is 0.333 e. The number of hydrogen-bond donors (Lipinski definition) is 1. The van der Waals surface area contributed by atoms with Gasteiger partial charge in [-0.1, -0.05) is 48.5 Å². The average molecular weight is 983 g/mol. The van der Waals surface area contributed by atoms with E-state index in [1.165, 1.54) is 11.1 Å². The Bertz CT molecular complexity index is 3880. The number of rotatable bonds is 8. The number of fused-ring (bicyclic) bond motifs is 6. The Kier molecular flexibility index (Phi) is 11.9. The Labute approximate surface area is 413 Å². The number of benzene rings is 4. The fourth-order valence-corrected chi connectivity index (χ4v) is 11.5. The zero-order valence-corrected chi connectivity index (χ0v) is 41.3. The first-order chi connectivity index (χ1) is 34.3. The molecule has 0 bridgehead atoms. The molecule has 1 N–H and O–H groups in total. The molecule has 10 aromatic rings. The van der Waals surface area contributed by atoms with Gasteiger partial charge in [-0.25, -0.2) is 23.2 Å². The van der Waals surface area contributed by atoms with Crippen molar-refractivity contribution in [1.82, 2.24) is 48.5 Å². The maximum atomic E-state index is 13.4. The monoisotopic (exact) mass is 982 g/mol. The number of ether oxygens (including phenoxy) is 1. The molecule has 2 fully saturated rings. The number of hydrogen-bond acceptors (Lipinski definition) is 13. The summed E-state index contributed by atoms with van der Waals surface area (Å²) in [6.07, 6.45) is 6.73. The van der Waals surface area contributed by atoms with Crippen molar-refractivity contribution in [2.45, 2.75) is 25.8 Å². The summed E-state index contributed by atoms with van der Waals surface area (Å²) >= 11 is 1.73. The minimum Gasteiger partial charge on any atom is -0.378 e. The Morgan fingerprint density at radius 1 is 0.803 bits per heavy atom. The molecular formula is C53H50N12O4S2. The number of piperazine rings is 1. The van der Waals surface area contributed by atoms with Gasteiger partial charge in [0, 0.05) is 91.2 Å². The Hall–Kier alpha value is -7.40. The molecule has 2 saturated heterocycles.